The Labute approximate surface area is 189 Å². The molecule has 0 aliphatic heterocycles. The smallest absolute Gasteiger partial charge is 0.159 e. The van der Waals surface area contributed by atoms with Gasteiger partial charge in [-0.1, -0.05) is 12.1 Å². The van der Waals surface area contributed by atoms with E-state index in [4.69, 9.17) is 9.40 Å². The van der Waals surface area contributed by atoms with E-state index in [1.54, 1.807) is 18.7 Å². The minimum atomic E-state index is 0.318. The van der Waals surface area contributed by atoms with E-state index in [9.17, 15) is 0 Å². The zero-order valence-electron chi connectivity index (χ0n) is 18.1. The third-order valence-corrected chi connectivity index (χ3v) is 5.51. The number of furan rings is 1. The molecule has 8 heteroatoms. The van der Waals surface area contributed by atoms with E-state index >= 15 is 0 Å². The summed E-state index contributed by atoms with van der Waals surface area (Å²) in [5.74, 6) is 0.692. The van der Waals surface area contributed by atoms with Crippen molar-refractivity contribution >= 4 is 27.6 Å². The summed E-state index contributed by atoms with van der Waals surface area (Å²) >= 11 is 0. The Balaban J connectivity index is 1.45. The quantitative estimate of drug-likeness (QED) is 0.323. The lowest BCUT2D eigenvalue weighted by Crippen LogP contribution is -2.09. The highest BCUT2D eigenvalue weighted by molar-refractivity contribution is 5.97. The first-order valence-electron chi connectivity index (χ1n) is 10.7. The number of hydrogen-bond donors (Lipinski definition) is 3. The van der Waals surface area contributed by atoms with E-state index < -0.39 is 0 Å². The molecule has 8 nitrogen and oxygen atoms in total. The Bertz CT molecular complexity index is 1580. The van der Waals surface area contributed by atoms with E-state index in [0.29, 0.717) is 11.9 Å². The van der Waals surface area contributed by atoms with Gasteiger partial charge in [-0.2, -0.15) is 5.10 Å². The van der Waals surface area contributed by atoms with Crippen LogP contribution in [0.25, 0.3) is 55.8 Å². The van der Waals surface area contributed by atoms with E-state index in [-0.39, 0.29) is 0 Å². The summed E-state index contributed by atoms with van der Waals surface area (Å²) in [5.41, 5.74) is 8.09. The van der Waals surface area contributed by atoms with Crippen LogP contribution < -0.4 is 5.32 Å². The van der Waals surface area contributed by atoms with Gasteiger partial charge in [0.1, 0.15) is 5.69 Å². The number of nitrogens with one attached hydrogen (secondary N) is 3. The van der Waals surface area contributed by atoms with Crippen molar-refractivity contribution in [3.63, 3.8) is 0 Å². The molecule has 0 spiro atoms. The van der Waals surface area contributed by atoms with Crippen LogP contribution >= 0.6 is 0 Å². The molecule has 0 atom stereocenters. The van der Waals surface area contributed by atoms with E-state index in [1.807, 2.05) is 42.7 Å². The number of hydrogen-bond acceptors (Lipinski definition) is 6. The first-order chi connectivity index (χ1) is 16.2. The fourth-order valence-corrected chi connectivity index (χ4v) is 4.04. The molecule has 162 valence electrons. The number of fused-ring (bicyclic) bond motifs is 2. The van der Waals surface area contributed by atoms with Crippen LogP contribution in [0, 0.1) is 0 Å². The van der Waals surface area contributed by atoms with Crippen molar-refractivity contribution in [2.24, 2.45) is 0 Å². The first kappa shape index (κ1) is 19.2. The van der Waals surface area contributed by atoms with Gasteiger partial charge in [0.25, 0.3) is 0 Å². The zero-order chi connectivity index (χ0) is 22.4. The predicted octanol–water partition coefficient (Wildman–Crippen LogP) is 5.64. The second kappa shape index (κ2) is 7.59. The summed E-state index contributed by atoms with van der Waals surface area (Å²) in [6.45, 7) is 4.19. The molecular formula is C25H21N7O. The molecule has 1 aromatic carbocycles. The first-order valence-corrected chi connectivity index (χ1v) is 10.7. The van der Waals surface area contributed by atoms with Crippen LogP contribution in [0.3, 0.4) is 0 Å². The van der Waals surface area contributed by atoms with Gasteiger partial charge in [0.15, 0.2) is 5.82 Å². The Morgan fingerprint density at radius 1 is 1.00 bits per heavy atom. The lowest BCUT2D eigenvalue weighted by Gasteiger charge is -2.10. The number of H-pyrrole nitrogens is 2. The number of nitrogens with zero attached hydrogens (tertiary/aromatic N) is 4. The molecule has 0 fully saturated rings. The monoisotopic (exact) mass is 435 g/mol. The van der Waals surface area contributed by atoms with Crippen molar-refractivity contribution in [3.8, 4) is 33.9 Å². The van der Waals surface area contributed by atoms with Crippen molar-refractivity contribution < 1.29 is 4.42 Å². The summed E-state index contributed by atoms with van der Waals surface area (Å²) in [5, 5.41) is 11.9. The third kappa shape index (κ3) is 3.41. The minimum absolute atomic E-state index is 0.318. The number of anilines is 1. The molecule has 33 heavy (non-hydrogen) atoms. The molecule has 0 amide bonds. The lowest BCUT2D eigenvalue weighted by molar-refractivity contribution is 0.568. The second-order valence-electron chi connectivity index (χ2n) is 8.25. The van der Waals surface area contributed by atoms with Crippen molar-refractivity contribution in [2.75, 3.05) is 5.32 Å². The van der Waals surface area contributed by atoms with Gasteiger partial charge in [0.2, 0.25) is 0 Å². The maximum atomic E-state index is 5.27. The summed E-state index contributed by atoms with van der Waals surface area (Å²) in [7, 11) is 0. The van der Waals surface area contributed by atoms with Crippen LogP contribution in [0.2, 0.25) is 0 Å². The Hall–Kier alpha value is -4.46. The SMILES string of the molecule is CC(C)Nc1cncc(-c2cc3c(-c4nc5c(-c6ccoc6)cccc5[nH]4)n[nH]c3cn2)c1. The van der Waals surface area contributed by atoms with Crippen LogP contribution in [-0.2, 0) is 0 Å². The average molecular weight is 435 g/mol. The summed E-state index contributed by atoms with van der Waals surface area (Å²) in [6, 6.07) is 12.4. The van der Waals surface area contributed by atoms with Crippen molar-refractivity contribution in [2.45, 2.75) is 19.9 Å². The largest absolute Gasteiger partial charge is 0.472 e. The van der Waals surface area contributed by atoms with E-state index in [0.717, 1.165) is 55.7 Å². The van der Waals surface area contributed by atoms with E-state index in [2.05, 4.69) is 50.4 Å². The molecular weight excluding hydrogens is 414 g/mol. The number of benzene rings is 1. The molecule has 6 aromatic rings. The average Bonchev–Trinajstić information content (AvgIpc) is 3.57. The van der Waals surface area contributed by atoms with Gasteiger partial charge in [-0.3, -0.25) is 15.1 Å². The fraction of sp³-hybridized carbons (Fsp3) is 0.120. The highest BCUT2D eigenvalue weighted by Crippen LogP contribution is 2.32. The molecule has 0 aliphatic rings. The van der Waals surface area contributed by atoms with Crippen LogP contribution in [0.5, 0.6) is 0 Å². The van der Waals surface area contributed by atoms with Crippen molar-refractivity contribution in [1.29, 1.82) is 0 Å². The number of para-hydroxylation sites is 1. The Morgan fingerprint density at radius 3 is 2.79 bits per heavy atom. The Morgan fingerprint density at radius 2 is 1.94 bits per heavy atom. The highest BCUT2D eigenvalue weighted by Gasteiger charge is 2.16. The number of rotatable bonds is 5. The highest BCUT2D eigenvalue weighted by atomic mass is 16.3. The van der Waals surface area contributed by atoms with Gasteiger partial charge < -0.3 is 14.7 Å². The molecule has 0 saturated heterocycles. The minimum Gasteiger partial charge on any atom is -0.472 e. The topological polar surface area (TPSA) is 108 Å². The standard InChI is InChI=1S/C25H21N7O/c1-14(2)28-17-8-16(10-26-11-17)21-9-19-22(12-27-21)31-32-24(19)25-29-20-5-3-4-18(23(20)30-25)15-6-7-33-13-15/h3-14,28H,1-2H3,(H,29,30)(H,31,32). The van der Waals surface area contributed by atoms with Crippen LogP contribution in [-0.4, -0.2) is 36.2 Å². The van der Waals surface area contributed by atoms with Gasteiger partial charge in [0.05, 0.1) is 46.7 Å². The van der Waals surface area contributed by atoms with Gasteiger partial charge in [-0.25, -0.2) is 4.98 Å². The maximum Gasteiger partial charge on any atom is 0.159 e. The number of pyridine rings is 2. The van der Waals surface area contributed by atoms with E-state index in [1.165, 1.54) is 0 Å². The lowest BCUT2D eigenvalue weighted by atomic mass is 10.1. The second-order valence-corrected chi connectivity index (χ2v) is 8.25. The van der Waals surface area contributed by atoms with Gasteiger partial charge in [-0.15, -0.1) is 0 Å². The number of imidazole rings is 1. The summed E-state index contributed by atoms with van der Waals surface area (Å²) in [6.07, 6.45) is 8.82. The number of aromatic nitrogens is 6. The number of aromatic amines is 2. The molecule has 0 saturated carbocycles. The Kier molecular flexibility index (Phi) is 4.43. The summed E-state index contributed by atoms with van der Waals surface area (Å²) in [4.78, 5) is 17.3. The molecule has 5 heterocycles. The molecule has 0 radical (unpaired) electrons. The van der Waals surface area contributed by atoms with Crippen LogP contribution in [0.4, 0.5) is 5.69 Å². The van der Waals surface area contributed by atoms with Crippen molar-refractivity contribution in [1.82, 2.24) is 30.1 Å². The van der Waals surface area contributed by atoms with Crippen LogP contribution in [0.15, 0.2) is 71.9 Å². The fourth-order valence-electron chi connectivity index (χ4n) is 4.04. The molecule has 0 unspecified atom stereocenters. The summed E-state index contributed by atoms with van der Waals surface area (Å²) < 4.78 is 5.27. The van der Waals surface area contributed by atoms with Gasteiger partial charge in [0, 0.05) is 40.5 Å². The van der Waals surface area contributed by atoms with Gasteiger partial charge >= 0.3 is 0 Å². The maximum absolute atomic E-state index is 5.27. The van der Waals surface area contributed by atoms with Crippen molar-refractivity contribution in [3.05, 3.63) is 67.5 Å². The molecule has 3 N–H and O–H groups in total. The van der Waals surface area contributed by atoms with Crippen LogP contribution in [0.1, 0.15) is 13.8 Å². The normalized spacial score (nSPS) is 11.6. The zero-order valence-corrected chi connectivity index (χ0v) is 18.1. The van der Waals surface area contributed by atoms with Gasteiger partial charge in [-0.05, 0) is 38.1 Å². The molecule has 0 aliphatic carbocycles. The molecule has 5 aromatic heterocycles. The molecule has 6 rings (SSSR count). The predicted molar refractivity (Wildman–Crippen MR) is 129 cm³/mol. The third-order valence-electron chi connectivity index (χ3n) is 5.51. The molecule has 0 bridgehead atoms.